The molecule has 1 fully saturated rings. The molecule has 0 bridgehead atoms. The molecule has 20 heavy (non-hydrogen) atoms. The van der Waals surface area contributed by atoms with Crippen molar-refractivity contribution in [2.75, 3.05) is 6.54 Å². The number of hydrogen-bond acceptors (Lipinski definition) is 4. The molecule has 1 aromatic rings. The fourth-order valence-electron chi connectivity index (χ4n) is 1.95. The Morgan fingerprint density at radius 1 is 1.50 bits per heavy atom. The van der Waals surface area contributed by atoms with Crippen molar-refractivity contribution in [2.45, 2.75) is 18.9 Å². The summed E-state index contributed by atoms with van der Waals surface area (Å²) in [4.78, 5) is 33.8. The number of nitrogens with one attached hydrogen (secondary N) is 2. The van der Waals surface area contributed by atoms with Gasteiger partial charge >= 0.3 is 0 Å². The molecule has 0 spiro atoms. The molecule has 1 aromatic carbocycles. The minimum Gasteiger partial charge on any atom is -0.354 e. The molecule has 7 nitrogen and oxygen atoms in total. The van der Waals surface area contributed by atoms with Crippen LogP contribution in [0.1, 0.15) is 23.2 Å². The van der Waals surface area contributed by atoms with E-state index < -0.39 is 16.9 Å². The highest BCUT2D eigenvalue weighted by Gasteiger charge is 2.25. The Hall–Kier alpha value is -1.96. The summed E-state index contributed by atoms with van der Waals surface area (Å²) in [5.41, 5.74) is -0.0379. The van der Waals surface area contributed by atoms with Crippen molar-refractivity contribution in [3.8, 4) is 0 Å². The van der Waals surface area contributed by atoms with Crippen LogP contribution in [0.3, 0.4) is 0 Å². The zero-order chi connectivity index (χ0) is 14.7. The Morgan fingerprint density at radius 3 is 2.90 bits per heavy atom. The number of carbonyl (C=O) groups is 2. The lowest BCUT2D eigenvalue weighted by Crippen LogP contribution is -2.50. The van der Waals surface area contributed by atoms with Gasteiger partial charge in [0.25, 0.3) is 11.6 Å². The van der Waals surface area contributed by atoms with Crippen molar-refractivity contribution < 1.29 is 14.5 Å². The molecule has 0 aliphatic carbocycles. The number of hydrogen-bond donors (Lipinski definition) is 2. The van der Waals surface area contributed by atoms with Gasteiger partial charge in [0, 0.05) is 23.2 Å². The van der Waals surface area contributed by atoms with Crippen LogP contribution >= 0.6 is 15.9 Å². The molecule has 2 N–H and O–H groups in total. The third kappa shape index (κ3) is 3.13. The highest BCUT2D eigenvalue weighted by molar-refractivity contribution is 9.10. The maximum absolute atomic E-state index is 12.1. The number of halogens is 1. The van der Waals surface area contributed by atoms with Gasteiger partial charge in [-0.1, -0.05) is 0 Å². The van der Waals surface area contributed by atoms with Gasteiger partial charge in [-0.15, -0.1) is 0 Å². The van der Waals surface area contributed by atoms with Crippen LogP contribution in [0.15, 0.2) is 22.7 Å². The van der Waals surface area contributed by atoms with Gasteiger partial charge in [0.05, 0.1) is 10.5 Å². The van der Waals surface area contributed by atoms with E-state index in [0.717, 1.165) is 6.42 Å². The first-order valence-corrected chi connectivity index (χ1v) is 6.81. The SMILES string of the molecule is O=C(NC1CCCNC1=O)c1cc([N+](=O)[O-])ccc1Br. The summed E-state index contributed by atoms with van der Waals surface area (Å²) in [5, 5.41) is 16.0. The molecular formula is C12H12BrN3O4. The minimum absolute atomic E-state index is 0.137. The van der Waals surface area contributed by atoms with E-state index in [-0.39, 0.29) is 17.2 Å². The van der Waals surface area contributed by atoms with Crippen LogP contribution in [0.2, 0.25) is 0 Å². The highest BCUT2D eigenvalue weighted by atomic mass is 79.9. The molecule has 106 valence electrons. The Bertz CT molecular complexity index is 576. The molecule has 2 rings (SSSR count). The first-order chi connectivity index (χ1) is 9.49. The summed E-state index contributed by atoms with van der Waals surface area (Å²) >= 11 is 3.18. The average Bonchev–Trinajstić information content (AvgIpc) is 2.41. The van der Waals surface area contributed by atoms with Gasteiger partial charge in [-0.05, 0) is 34.8 Å². The summed E-state index contributed by atoms with van der Waals surface area (Å²) in [6, 6.07) is 3.32. The van der Waals surface area contributed by atoms with Crippen molar-refractivity contribution in [3.05, 3.63) is 38.3 Å². The van der Waals surface area contributed by atoms with E-state index in [1.807, 2.05) is 0 Å². The largest absolute Gasteiger partial charge is 0.354 e. The molecule has 1 unspecified atom stereocenters. The highest BCUT2D eigenvalue weighted by Crippen LogP contribution is 2.22. The fraction of sp³-hybridized carbons (Fsp3) is 0.333. The molecule has 0 aromatic heterocycles. The van der Waals surface area contributed by atoms with E-state index in [4.69, 9.17) is 0 Å². The molecule has 2 amide bonds. The van der Waals surface area contributed by atoms with Gasteiger partial charge in [-0.2, -0.15) is 0 Å². The normalized spacial score (nSPS) is 18.2. The van der Waals surface area contributed by atoms with Crippen molar-refractivity contribution in [3.63, 3.8) is 0 Å². The van der Waals surface area contributed by atoms with E-state index in [1.54, 1.807) is 0 Å². The second kappa shape index (κ2) is 6.00. The first kappa shape index (κ1) is 14.4. The lowest BCUT2D eigenvalue weighted by atomic mass is 10.1. The maximum Gasteiger partial charge on any atom is 0.270 e. The smallest absolute Gasteiger partial charge is 0.270 e. The third-order valence-corrected chi connectivity index (χ3v) is 3.69. The zero-order valence-electron chi connectivity index (χ0n) is 10.4. The minimum atomic E-state index is -0.595. The number of carbonyl (C=O) groups excluding carboxylic acids is 2. The number of piperidine rings is 1. The molecule has 1 aliphatic rings. The molecular weight excluding hydrogens is 330 g/mol. The Kier molecular flexibility index (Phi) is 4.33. The van der Waals surface area contributed by atoms with Gasteiger partial charge in [-0.25, -0.2) is 0 Å². The Balaban J connectivity index is 2.18. The summed E-state index contributed by atoms with van der Waals surface area (Å²) in [5.74, 6) is -0.742. The van der Waals surface area contributed by atoms with Crippen LogP contribution in [0.5, 0.6) is 0 Å². The number of nitrogens with zero attached hydrogens (tertiary/aromatic N) is 1. The van der Waals surface area contributed by atoms with Crippen molar-refractivity contribution in [1.29, 1.82) is 0 Å². The van der Waals surface area contributed by atoms with Crippen LogP contribution in [0, 0.1) is 10.1 Å². The molecule has 0 saturated carbocycles. The number of nitro groups is 1. The third-order valence-electron chi connectivity index (χ3n) is 3.00. The Morgan fingerprint density at radius 2 is 2.25 bits per heavy atom. The van der Waals surface area contributed by atoms with Crippen molar-refractivity contribution in [2.24, 2.45) is 0 Å². The number of nitro benzene ring substituents is 1. The lowest BCUT2D eigenvalue weighted by molar-refractivity contribution is -0.384. The van der Waals surface area contributed by atoms with Crippen LogP contribution < -0.4 is 10.6 Å². The first-order valence-electron chi connectivity index (χ1n) is 6.01. The number of rotatable bonds is 3. The monoisotopic (exact) mass is 341 g/mol. The molecule has 1 heterocycles. The second-order valence-electron chi connectivity index (χ2n) is 4.38. The molecule has 1 aliphatic heterocycles. The number of benzene rings is 1. The van der Waals surface area contributed by atoms with Gasteiger partial charge in [0.2, 0.25) is 5.91 Å². The van der Waals surface area contributed by atoms with Gasteiger partial charge < -0.3 is 10.6 Å². The zero-order valence-corrected chi connectivity index (χ0v) is 12.0. The number of non-ortho nitro benzene ring substituents is 1. The predicted octanol–water partition coefficient (Wildman–Crippen LogP) is 1.37. The van der Waals surface area contributed by atoms with E-state index in [2.05, 4.69) is 26.6 Å². The predicted molar refractivity (Wildman–Crippen MR) is 74.3 cm³/mol. The number of amides is 2. The maximum atomic E-state index is 12.1. The van der Waals surface area contributed by atoms with E-state index in [0.29, 0.717) is 17.4 Å². The summed E-state index contributed by atoms with van der Waals surface area (Å²) in [6.45, 7) is 0.603. The molecule has 0 radical (unpaired) electrons. The van der Waals surface area contributed by atoms with Crippen molar-refractivity contribution in [1.82, 2.24) is 10.6 Å². The van der Waals surface area contributed by atoms with Gasteiger partial charge in [0.1, 0.15) is 6.04 Å². The van der Waals surface area contributed by atoms with E-state index >= 15 is 0 Å². The van der Waals surface area contributed by atoms with Gasteiger partial charge in [-0.3, -0.25) is 19.7 Å². The molecule has 1 saturated heterocycles. The van der Waals surface area contributed by atoms with Crippen LogP contribution in [0.4, 0.5) is 5.69 Å². The molecule has 8 heteroatoms. The topological polar surface area (TPSA) is 101 Å². The van der Waals surface area contributed by atoms with Crippen LogP contribution in [-0.4, -0.2) is 29.3 Å². The fourth-order valence-corrected chi connectivity index (χ4v) is 2.37. The summed E-state index contributed by atoms with van der Waals surface area (Å²) in [7, 11) is 0. The standard InChI is InChI=1S/C12H12BrN3O4/c13-9-4-3-7(16(19)20)6-8(9)11(17)15-10-2-1-5-14-12(10)18/h3-4,6,10H,1-2,5H2,(H,14,18)(H,15,17). The average molecular weight is 342 g/mol. The van der Waals surface area contributed by atoms with Crippen molar-refractivity contribution >= 4 is 33.4 Å². The van der Waals surface area contributed by atoms with Crippen LogP contribution in [-0.2, 0) is 4.79 Å². The Labute approximate surface area is 123 Å². The second-order valence-corrected chi connectivity index (χ2v) is 5.23. The van der Waals surface area contributed by atoms with E-state index in [9.17, 15) is 19.7 Å². The summed E-state index contributed by atoms with van der Waals surface area (Å²) < 4.78 is 0.441. The van der Waals surface area contributed by atoms with Gasteiger partial charge in [0.15, 0.2) is 0 Å². The van der Waals surface area contributed by atoms with E-state index in [1.165, 1.54) is 18.2 Å². The molecule has 1 atom stereocenters. The lowest BCUT2D eigenvalue weighted by Gasteiger charge is -2.22. The summed E-state index contributed by atoms with van der Waals surface area (Å²) in [6.07, 6.45) is 1.34. The quantitative estimate of drug-likeness (QED) is 0.640. The van der Waals surface area contributed by atoms with Crippen LogP contribution in [0.25, 0.3) is 0 Å².